The maximum absolute atomic E-state index is 12.3. The molecule has 3 rings (SSSR count). The number of hydrogen-bond acceptors (Lipinski definition) is 4. The number of rotatable bonds is 4. The average Bonchev–Trinajstić information content (AvgIpc) is 2.98. The number of halogens is 2. The number of hydrogen-bond donors (Lipinski definition) is 2. The summed E-state index contributed by atoms with van der Waals surface area (Å²) >= 11 is 12.0. The van der Waals surface area contributed by atoms with Gasteiger partial charge in [0.15, 0.2) is 11.5 Å². The van der Waals surface area contributed by atoms with Crippen molar-refractivity contribution in [2.45, 2.75) is 13.0 Å². The minimum absolute atomic E-state index is 0.210. The number of amides is 1. The number of carbonyl (C=O) groups is 1. The van der Waals surface area contributed by atoms with Gasteiger partial charge in [-0.25, -0.2) is 0 Å². The molecule has 2 aromatic rings. The monoisotopic (exact) mass is 352 g/mol. The van der Waals surface area contributed by atoms with Crippen LogP contribution in [0.2, 0.25) is 10.0 Å². The fourth-order valence-electron chi connectivity index (χ4n) is 2.14. The molecule has 0 spiro atoms. The first-order valence-corrected chi connectivity index (χ1v) is 7.70. The van der Waals surface area contributed by atoms with Crippen LogP contribution in [0.4, 0.5) is 11.4 Å². The SMILES string of the molecule is C[C@H](Nc1ccc2c(c1)OCO2)C(=O)Nc1cc(Cl)ccc1Cl. The molecule has 1 aliphatic rings. The lowest BCUT2D eigenvalue weighted by Crippen LogP contribution is -2.31. The zero-order valence-electron chi connectivity index (χ0n) is 12.2. The van der Waals surface area contributed by atoms with Crippen LogP contribution in [0.15, 0.2) is 36.4 Å². The van der Waals surface area contributed by atoms with Crippen LogP contribution in [0, 0.1) is 0 Å². The summed E-state index contributed by atoms with van der Waals surface area (Å²) in [7, 11) is 0. The van der Waals surface area contributed by atoms with Gasteiger partial charge in [0.1, 0.15) is 6.04 Å². The van der Waals surface area contributed by atoms with Crippen LogP contribution < -0.4 is 20.1 Å². The van der Waals surface area contributed by atoms with E-state index in [-0.39, 0.29) is 12.7 Å². The minimum Gasteiger partial charge on any atom is -0.454 e. The van der Waals surface area contributed by atoms with E-state index in [4.69, 9.17) is 32.7 Å². The highest BCUT2D eigenvalue weighted by Crippen LogP contribution is 2.34. The summed E-state index contributed by atoms with van der Waals surface area (Å²) < 4.78 is 10.6. The molecule has 2 N–H and O–H groups in total. The van der Waals surface area contributed by atoms with Crippen molar-refractivity contribution >= 4 is 40.5 Å². The molecular formula is C16H14Cl2N2O3. The first-order valence-electron chi connectivity index (χ1n) is 6.95. The maximum Gasteiger partial charge on any atom is 0.246 e. The molecule has 23 heavy (non-hydrogen) atoms. The van der Waals surface area contributed by atoms with Crippen molar-refractivity contribution in [3.8, 4) is 11.5 Å². The summed E-state index contributed by atoms with van der Waals surface area (Å²) in [5.41, 5.74) is 1.23. The Hall–Kier alpha value is -2.11. The molecule has 1 heterocycles. The van der Waals surface area contributed by atoms with Gasteiger partial charge in [-0.2, -0.15) is 0 Å². The van der Waals surface area contributed by atoms with E-state index < -0.39 is 6.04 Å². The van der Waals surface area contributed by atoms with Crippen molar-refractivity contribution in [3.63, 3.8) is 0 Å². The van der Waals surface area contributed by atoms with Crippen molar-refractivity contribution in [2.24, 2.45) is 0 Å². The first-order chi connectivity index (χ1) is 11.0. The number of benzene rings is 2. The van der Waals surface area contributed by atoms with E-state index in [1.165, 1.54) is 0 Å². The van der Waals surface area contributed by atoms with E-state index in [0.29, 0.717) is 27.2 Å². The van der Waals surface area contributed by atoms with Crippen molar-refractivity contribution < 1.29 is 14.3 Å². The molecule has 0 aromatic heterocycles. The smallest absolute Gasteiger partial charge is 0.246 e. The summed E-state index contributed by atoms with van der Waals surface area (Å²) in [6.45, 7) is 1.96. The second-order valence-corrected chi connectivity index (χ2v) is 5.89. The lowest BCUT2D eigenvalue weighted by atomic mass is 10.2. The van der Waals surface area contributed by atoms with E-state index >= 15 is 0 Å². The van der Waals surface area contributed by atoms with E-state index in [1.807, 2.05) is 6.07 Å². The molecule has 0 aliphatic carbocycles. The number of carbonyl (C=O) groups excluding carboxylic acids is 1. The number of ether oxygens (including phenoxy) is 2. The van der Waals surface area contributed by atoms with Gasteiger partial charge in [0.05, 0.1) is 10.7 Å². The highest BCUT2D eigenvalue weighted by atomic mass is 35.5. The van der Waals surface area contributed by atoms with Gasteiger partial charge in [-0.1, -0.05) is 23.2 Å². The minimum atomic E-state index is -0.481. The first kappa shape index (κ1) is 15.8. The summed E-state index contributed by atoms with van der Waals surface area (Å²) in [5.74, 6) is 1.12. The quantitative estimate of drug-likeness (QED) is 0.867. The molecule has 7 heteroatoms. The van der Waals surface area contributed by atoms with Crippen molar-refractivity contribution in [1.29, 1.82) is 0 Å². The van der Waals surface area contributed by atoms with Crippen LogP contribution in [0.5, 0.6) is 11.5 Å². The van der Waals surface area contributed by atoms with Crippen LogP contribution in [-0.4, -0.2) is 18.7 Å². The van der Waals surface area contributed by atoms with Gasteiger partial charge in [-0.15, -0.1) is 0 Å². The van der Waals surface area contributed by atoms with Crippen LogP contribution in [0.3, 0.4) is 0 Å². The Morgan fingerprint density at radius 3 is 2.74 bits per heavy atom. The summed E-state index contributed by atoms with van der Waals surface area (Å²) in [4.78, 5) is 12.3. The Bertz CT molecular complexity index is 752. The van der Waals surface area contributed by atoms with E-state index in [2.05, 4.69) is 10.6 Å². The average molecular weight is 353 g/mol. The Kier molecular flexibility index (Phi) is 4.50. The fraction of sp³-hybridized carbons (Fsp3) is 0.188. The van der Waals surface area contributed by atoms with Crippen LogP contribution in [0.25, 0.3) is 0 Å². The number of nitrogens with one attached hydrogen (secondary N) is 2. The maximum atomic E-state index is 12.3. The fourth-order valence-corrected chi connectivity index (χ4v) is 2.47. The highest BCUT2D eigenvalue weighted by Gasteiger charge is 2.17. The predicted octanol–water partition coefficient (Wildman–Crippen LogP) is 4.16. The van der Waals surface area contributed by atoms with Crippen LogP contribution in [0.1, 0.15) is 6.92 Å². The number of fused-ring (bicyclic) bond motifs is 1. The standard InChI is InChI=1S/C16H14Cl2N2O3/c1-9(16(21)20-13-6-10(17)2-4-12(13)18)19-11-3-5-14-15(7-11)23-8-22-14/h2-7,9,19H,8H2,1H3,(H,20,21)/t9-/m0/s1. The zero-order valence-corrected chi connectivity index (χ0v) is 13.7. The molecule has 2 aromatic carbocycles. The van der Waals surface area contributed by atoms with Crippen molar-refractivity contribution in [3.05, 3.63) is 46.4 Å². The highest BCUT2D eigenvalue weighted by molar-refractivity contribution is 6.35. The third kappa shape index (κ3) is 3.63. The summed E-state index contributed by atoms with van der Waals surface area (Å²) in [6.07, 6.45) is 0. The van der Waals surface area contributed by atoms with Gasteiger partial charge in [0, 0.05) is 16.8 Å². The van der Waals surface area contributed by atoms with Crippen LogP contribution in [-0.2, 0) is 4.79 Å². The van der Waals surface area contributed by atoms with Crippen molar-refractivity contribution in [1.82, 2.24) is 0 Å². The molecule has 1 amide bonds. The Labute approximate surface area is 143 Å². The normalized spacial score (nSPS) is 13.5. The van der Waals surface area contributed by atoms with Crippen LogP contribution >= 0.6 is 23.2 Å². The van der Waals surface area contributed by atoms with Gasteiger partial charge in [-0.05, 0) is 37.3 Å². The zero-order chi connectivity index (χ0) is 16.4. The van der Waals surface area contributed by atoms with Crippen molar-refractivity contribution in [2.75, 3.05) is 17.4 Å². The molecule has 0 unspecified atom stereocenters. The third-order valence-corrected chi connectivity index (χ3v) is 3.90. The molecule has 0 saturated carbocycles. The van der Waals surface area contributed by atoms with E-state index in [0.717, 1.165) is 5.69 Å². The molecule has 1 atom stereocenters. The molecular weight excluding hydrogens is 339 g/mol. The lowest BCUT2D eigenvalue weighted by molar-refractivity contribution is -0.116. The Morgan fingerprint density at radius 2 is 1.91 bits per heavy atom. The largest absolute Gasteiger partial charge is 0.454 e. The molecule has 0 saturated heterocycles. The summed E-state index contributed by atoms with van der Waals surface area (Å²) in [6, 6.07) is 9.83. The molecule has 0 fully saturated rings. The molecule has 5 nitrogen and oxygen atoms in total. The van der Waals surface area contributed by atoms with Gasteiger partial charge in [0.25, 0.3) is 0 Å². The predicted molar refractivity (Wildman–Crippen MR) is 90.7 cm³/mol. The van der Waals surface area contributed by atoms with Gasteiger partial charge in [-0.3, -0.25) is 4.79 Å². The second kappa shape index (κ2) is 6.56. The molecule has 0 bridgehead atoms. The van der Waals surface area contributed by atoms with Gasteiger partial charge >= 0.3 is 0 Å². The molecule has 120 valence electrons. The molecule has 0 radical (unpaired) electrons. The van der Waals surface area contributed by atoms with E-state index in [9.17, 15) is 4.79 Å². The third-order valence-electron chi connectivity index (χ3n) is 3.34. The van der Waals surface area contributed by atoms with Gasteiger partial charge < -0.3 is 20.1 Å². The number of anilines is 2. The topological polar surface area (TPSA) is 59.6 Å². The Morgan fingerprint density at radius 1 is 1.13 bits per heavy atom. The molecule has 1 aliphatic heterocycles. The summed E-state index contributed by atoms with van der Waals surface area (Å²) in [5, 5.41) is 6.78. The second-order valence-electron chi connectivity index (χ2n) is 5.05. The Balaban J connectivity index is 1.67. The van der Waals surface area contributed by atoms with Gasteiger partial charge in [0.2, 0.25) is 12.7 Å². The van der Waals surface area contributed by atoms with E-state index in [1.54, 1.807) is 37.3 Å². The lowest BCUT2D eigenvalue weighted by Gasteiger charge is -2.16.